The van der Waals surface area contributed by atoms with E-state index >= 15 is 0 Å². The van der Waals surface area contributed by atoms with E-state index in [1.165, 1.54) is 29.5 Å². The molecule has 1 aliphatic rings. The lowest BCUT2D eigenvalue weighted by atomic mass is 9.63. The maximum absolute atomic E-state index is 4.55. The zero-order valence-electron chi connectivity index (χ0n) is 16.2. The van der Waals surface area contributed by atoms with Crippen LogP contribution >= 0.6 is 0 Å². The third kappa shape index (κ3) is 2.99. The molecule has 0 aliphatic heterocycles. The molecule has 0 N–H and O–H groups in total. The Labute approximate surface area is 146 Å². The van der Waals surface area contributed by atoms with Crippen molar-refractivity contribution in [2.75, 3.05) is 0 Å². The average Bonchev–Trinajstić information content (AvgIpc) is 2.51. The summed E-state index contributed by atoms with van der Waals surface area (Å²) in [5.41, 5.74) is 6.80. The lowest BCUT2D eigenvalue weighted by Gasteiger charge is -2.42. The van der Waals surface area contributed by atoms with Crippen molar-refractivity contribution < 1.29 is 0 Å². The highest BCUT2D eigenvalue weighted by molar-refractivity contribution is 5.63. The smallest absolute Gasteiger partial charge is 0.116 e. The van der Waals surface area contributed by atoms with Crippen molar-refractivity contribution in [3.05, 3.63) is 47.4 Å². The number of rotatable bonds is 1. The summed E-state index contributed by atoms with van der Waals surface area (Å²) in [6.07, 6.45) is 4.17. The molecule has 2 nitrogen and oxygen atoms in total. The Morgan fingerprint density at radius 3 is 2.08 bits per heavy atom. The lowest BCUT2D eigenvalue weighted by molar-refractivity contribution is 0.332. The number of benzene rings is 1. The maximum atomic E-state index is 4.55. The quantitative estimate of drug-likeness (QED) is 0.664. The normalized spacial score (nSPS) is 19.0. The van der Waals surface area contributed by atoms with Gasteiger partial charge in [-0.2, -0.15) is 0 Å². The van der Waals surface area contributed by atoms with Crippen LogP contribution in [0.4, 0.5) is 0 Å². The summed E-state index contributed by atoms with van der Waals surface area (Å²) in [6, 6.07) is 9.06. The molecule has 0 unspecified atom stereocenters. The molecule has 1 aromatic carbocycles. The Bertz CT molecular complexity index is 764. The van der Waals surface area contributed by atoms with Gasteiger partial charge >= 0.3 is 0 Å². The second-order valence-corrected chi connectivity index (χ2v) is 9.57. The molecule has 3 rings (SSSR count). The van der Waals surface area contributed by atoms with Crippen LogP contribution in [0.5, 0.6) is 0 Å². The molecule has 0 spiro atoms. The first kappa shape index (κ1) is 17.1. The molecule has 128 valence electrons. The first-order chi connectivity index (χ1) is 11.0. The number of nitrogens with zero attached hydrogens (tertiary/aromatic N) is 2. The Hall–Kier alpha value is -1.70. The fourth-order valence-electron chi connectivity index (χ4n) is 3.67. The highest BCUT2D eigenvalue weighted by Crippen LogP contribution is 2.46. The first-order valence-corrected chi connectivity index (χ1v) is 8.99. The van der Waals surface area contributed by atoms with Crippen LogP contribution in [0.2, 0.25) is 0 Å². The van der Waals surface area contributed by atoms with Gasteiger partial charge in [-0.05, 0) is 46.9 Å². The second kappa shape index (κ2) is 5.40. The molecule has 0 saturated carbocycles. The second-order valence-electron chi connectivity index (χ2n) is 9.57. The van der Waals surface area contributed by atoms with Crippen molar-refractivity contribution in [3.63, 3.8) is 0 Å². The Kier molecular flexibility index (Phi) is 3.86. The standard InChI is InChI=1S/C22H30N2/c1-20(2,3)19-13-18(23-14-24-19)15-8-9-16-17(12-15)22(6,7)11-10-21(16,4)5/h8-9,12-14H,10-11H2,1-7H3. The van der Waals surface area contributed by atoms with Crippen molar-refractivity contribution in [3.8, 4) is 11.3 Å². The lowest BCUT2D eigenvalue weighted by Crippen LogP contribution is -2.33. The van der Waals surface area contributed by atoms with Crippen LogP contribution in [0.15, 0.2) is 30.6 Å². The Balaban J connectivity index is 2.12. The van der Waals surface area contributed by atoms with E-state index in [4.69, 9.17) is 0 Å². The SMILES string of the molecule is CC(C)(C)c1cc(-c2ccc3c(c2)C(C)(C)CCC3(C)C)ncn1. The van der Waals surface area contributed by atoms with Gasteiger partial charge in [0.1, 0.15) is 6.33 Å². The number of hydrogen-bond donors (Lipinski definition) is 0. The van der Waals surface area contributed by atoms with Crippen LogP contribution in [-0.4, -0.2) is 9.97 Å². The molecule has 0 atom stereocenters. The van der Waals surface area contributed by atoms with Gasteiger partial charge in [-0.1, -0.05) is 60.6 Å². The van der Waals surface area contributed by atoms with Crippen molar-refractivity contribution in [2.24, 2.45) is 0 Å². The predicted octanol–water partition coefficient (Wildman–Crippen LogP) is 5.79. The van der Waals surface area contributed by atoms with Gasteiger partial charge in [-0.25, -0.2) is 9.97 Å². The van der Waals surface area contributed by atoms with Crippen molar-refractivity contribution in [2.45, 2.75) is 77.6 Å². The highest BCUT2D eigenvalue weighted by atomic mass is 14.8. The first-order valence-electron chi connectivity index (χ1n) is 8.99. The monoisotopic (exact) mass is 322 g/mol. The summed E-state index contributed by atoms with van der Waals surface area (Å²) in [5.74, 6) is 0. The van der Waals surface area contributed by atoms with Gasteiger partial charge in [0, 0.05) is 16.7 Å². The number of fused-ring (bicyclic) bond motifs is 1. The van der Waals surface area contributed by atoms with Gasteiger partial charge in [0.15, 0.2) is 0 Å². The van der Waals surface area contributed by atoms with Crippen LogP contribution in [0.3, 0.4) is 0 Å². The molecule has 1 aliphatic carbocycles. The summed E-state index contributed by atoms with van der Waals surface area (Å²) in [5, 5.41) is 0. The molecule has 24 heavy (non-hydrogen) atoms. The van der Waals surface area contributed by atoms with Crippen molar-refractivity contribution in [1.29, 1.82) is 0 Å². The van der Waals surface area contributed by atoms with E-state index in [0.29, 0.717) is 0 Å². The third-order valence-corrected chi connectivity index (χ3v) is 5.58. The molecular weight excluding hydrogens is 292 g/mol. The number of aromatic nitrogens is 2. The highest BCUT2D eigenvalue weighted by Gasteiger charge is 2.37. The van der Waals surface area contributed by atoms with Crippen LogP contribution in [0.25, 0.3) is 11.3 Å². The molecule has 2 heteroatoms. The summed E-state index contributed by atoms with van der Waals surface area (Å²) in [4.78, 5) is 9.01. The molecule has 0 saturated heterocycles. The van der Waals surface area contributed by atoms with E-state index in [0.717, 1.165) is 11.4 Å². The molecule has 1 heterocycles. The van der Waals surface area contributed by atoms with E-state index in [1.54, 1.807) is 6.33 Å². The van der Waals surface area contributed by atoms with Gasteiger partial charge in [-0.3, -0.25) is 0 Å². The minimum absolute atomic E-state index is 0.0349. The minimum atomic E-state index is 0.0349. The molecule has 1 aromatic heterocycles. The van der Waals surface area contributed by atoms with Gasteiger partial charge in [-0.15, -0.1) is 0 Å². The maximum Gasteiger partial charge on any atom is 0.116 e. The topological polar surface area (TPSA) is 25.8 Å². The van der Waals surface area contributed by atoms with Crippen LogP contribution in [-0.2, 0) is 16.2 Å². The summed E-state index contributed by atoms with van der Waals surface area (Å²) < 4.78 is 0. The van der Waals surface area contributed by atoms with E-state index in [1.807, 2.05) is 0 Å². The fraction of sp³-hybridized carbons (Fsp3) is 0.545. The molecule has 0 radical (unpaired) electrons. The van der Waals surface area contributed by atoms with Gasteiger partial charge in [0.2, 0.25) is 0 Å². The molecular formula is C22H30N2. The zero-order valence-corrected chi connectivity index (χ0v) is 16.2. The van der Waals surface area contributed by atoms with E-state index < -0.39 is 0 Å². The fourth-order valence-corrected chi connectivity index (χ4v) is 3.67. The van der Waals surface area contributed by atoms with Gasteiger partial charge < -0.3 is 0 Å². The van der Waals surface area contributed by atoms with Crippen LogP contribution in [0, 0.1) is 0 Å². The predicted molar refractivity (Wildman–Crippen MR) is 101 cm³/mol. The summed E-state index contributed by atoms with van der Waals surface area (Å²) in [7, 11) is 0. The van der Waals surface area contributed by atoms with Crippen LogP contribution < -0.4 is 0 Å². The van der Waals surface area contributed by atoms with E-state index in [2.05, 4.69) is 82.7 Å². The summed E-state index contributed by atoms with van der Waals surface area (Å²) in [6.45, 7) is 16.0. The molecule has 0 amide bonds. The minimum Gasteiger partial charge on any atom is -0.241 e. The Morgan fingerprint density at radius 2 is 1.46 bits per heavy atom. The molecule has 0 fully saturated rings. The third-order valence-electron chi connectivity index (χ3n) is 5.58. The van der Waals surface area contributed by atoms with Gasteiger partial charge in [0.05, 0.1) is 5.69 Å². The van der Waals surface area contributed by atoms with Crippen LogP contribution in [0.1, 0.15) is 78.1 Å². The molecule has 0 bridgehead atoms. The zero-order chi connectivity index (χ0) is 17.8. The summed E-state index contributed by atoms with van der Waals surface area (Å²) >= 11 is 0. The van der Waals surface area contributed by atoms with E-state index in [-0.39, 0.29) is 16.2 Å². The van der Waals surface area contributed by atoms with Crippen molar-refractivity contribution >= 4 is 0 Å². The van der Waals surface area contributed by atoms with E-state index in [9.17, 15) is 0 Å². The molecule has 2 aromatic rings. The number of hydrogen-bond acceptors (Lipinski definition) is 2. The average molecular weight is 322 g/mol. The Morgan fingerprint density at radius 1 is 0.833 bits per heavy atom. The van der Waals surface area contributed by atoms with Crippen molar-refractivity contribution in [1.82, 2.24) is 9.97 Å². The largest absolute Gasteiger partial charge is 0.241 e. The van der Waals surface area contributed by atoms with Gasteiger partial charge in [0.25, 0.3) is 0 Å².